The molecular weight excluding hydrogens is 492 g/mol. The molecule has 0 saturated heterocycles. The number of amides is 1. The predicted molar refractivity (Wildman–Crippen MR) is 137 cm³/mol. The van der Waals surface area contributed by atoms with Gasteiger partial charge < -0.3 is 14.6 Å². The maximum absolute atomic E-state index is 12.8. The average Bonchev–Trinajstić information content (AvgIpc) is 3.37. The van der Waals surface area contributed by atoms with E-state index in [1.54, 1.807) is 12.1 Å². The standard InChI is InChI=1S/C24H21ClN4O3S2/c1-14-19(15-7-5-4-6-8-15)20(23(31)32-3)22(34-14)26-18(30)13-33-24-28-27-21(29(24)2)16-9-11-17(25)12-10-16/h4-12H,13H2,1-3H3,(H,26,30). The molecule has 2 heterocycles. The van der Waals surface area contributed by atoms with E-state index in [1.165, 1.54) is 30.2 Å². The Morgan fingerprint density at radius 1 is 1.09 bits per heavy atom. The number of hydrogen-bond acceptors (Lipinski definition) is 7. The number of rotatable bonds is 7. The van der Waals surface area contributed by atoms with Crippen molar-refractivity contribution in [2.45, 2.75) is 12.1 Å². The number of carbonyl (C=O) groups excluding carboxylic acids is 2. The number of hydrogen-bond donors (Lipinski definition) is 1. The summed E-state index contributed by atoms with van der Waals surface area (Å²) in [4.78, 5) is 26.3. The Labute approximate surface area is 210 Å². The van der Waals surface area contributed by atoms with E-state index >= 15 is 0 Å². The van der Waals surface area contributed by atoms with Crippen molar-refractivity contribution in [2.75, 3.05) is 18.2 Å². The largest absolute Gasteiger partial charge is 0.465 e. The summed E-state index contributed by atoms with van der Waals surface area (Å²) in [6.07, 6.45) is 0. The first kappa shape index (κ1) is 24.0. The molecule has 7 nitrogen and oxygen atoms in total. The van der Waals surface area contributed by atoms with Crippen LogP contribution in [-0.2, 0) is 16.6 Å². The third kappa shape index (κ3) is 5.01. The van der Waals surface area contributed by atoms with Crippen LogP contribution in [0.4, 0.5) is 5.00 Å². The van der Waals surface area contributed by atoms with Crippen LogP contribution in [0.25, 0.3) is 22.5 Å². The van der Waals surface area contributed by atoms with Crippen LogP contribution in [0.5, 0.6) is 0 Å². The number of halogens is 1. The Balaban J connectivity index is 1.51. The lowest BCUT2D eigenvalue weighted by Gasteiger charge is -2.08. The maximum atomic E-state index is 12.8. The van der Waals surface area contributed by atoms with E-state index in [0.717, 1.165) is 21.6 Å². The summed E-state index contributed by atoms with van der Waals surface area (Å²) in [6, 6.07) is 16.9. The summed E-state index contributed by atoms with van der Waals surface area (Å²) >= 11 is 8.57. The van der Waals surface area contributed by atoms with Gasteiger partial charge in [0, 0.05) is 28.1 Å². The van der Waals surface area contributed by atoms with Crippen molar-refractivity contribution in [3.8, 4) is 22.5 Å². The highest BCUT2D eigenvalue weighted by Crippen LogP contribution is 2.40. The Hall–Kier alpha value is -3.14. The third-order valence-corrected chi connectivity index (χ3v) is 7.35. The Morgan fingerprint density at radius 3 is 2.47 bits per heavy atom. The molecular formula is C24H21ClN4O3S2. The average molecular weight is 513 g/mol. The van der Waals surface area contributed by atoms with Gasteiger partial charge in [0.1, 0.15) is 10.6 Å². The molecule has 4 rings (SSSR count). The number of carbonyl (C=O) groups is 2. The lowest BCUT2D eigenvalue weighted by Crippen LogP contribution is -2.16. The molecule has 174 valence electrons. The van der Waals surface area contributed by atoms with Crippen LogP contribution < -0.4 is 5.32 Å². The number of nitrogens with one attached hydrogen (secondary N) is 1. The monoisotopic (exact) mass is 512 g/mol. The van der Waals surface area contributed by atoms with E-state index in [-0.39, 0.29) is 11.7 Å². The van der Waals surface area contributed by atoms with Gasteiger partial charge in [-0.3, -0.25) is 4.79 Å². The lowest BCUT2D eigenvalue weighted by molar-refractivity contribution is -0.113. The maximum Gasteiger partial charge on any atom is 0.341 e. The van der Waals surface area contributed by atoms with Gasteiger partial charge in [-0.2, -0.15) is 0 Å². The summed E-state index contributed by atoms with van der Waals surface area (Å²) in [5.74, 6) is 0.0261. The molecule has 0 unspecified atom stereocenters. The van der Waals surface area contributed by atoms with E-state index in [0.29, 0.717) is 26.6 Å². The van der Waals surface area contributed by atoms with Gasteiger partial charge in [-0.25, -0.2) is 4.79 Å². The van der Waals surface area contributed by atoms with Gasteiger partial charge in [-0.1, -0.05) is 53.7 Å². The predicted octanol–water partition coefficient (Wildman–Crippen LogP) is 5.69. The summed E-state index contributed by atoms with van der Waals surface area (Å²) in [5, 5.41) is 13.0. The van der Waals surface area contributed by atoms with Crippen LogP contribution in [0.3, 0.4) is 0 Å². The zero-order valence-electron chi connectivity index (χ0n) is 18.7. The number of methoxy groups -OCH3 is 1. The van der Waals surface area contributed by atoms with Gasteiger partial charge in [0.25, 0.3) is 0 Å². The summed E-state index contributed by atoms with van der Waals surface area (Å²) in [5.41, 5.74) is 2.89. The van der Waals surface area contributed by atoms with Crippen molar-refractivity contribution in [3.63, 3.8) is 0 Å². The van der Waals surface area contributed by atoms with Crippen LogP contribution in [-0.4, -0.2) is 39.5 Å². The van der Waals surface area contributed by atoms with Crippen LogP contribution in [0.2, 0.25) is 5.02 Å². The van der Waals surface area contributed by atoms with E-state index in [1.807, 2.05) is 61.0 Å². The lowest BCUT2D eigenvalue weighted by atomic mass is 10.0. The highest BCUT2D eigenvalue weighted by atomic mass is 35.5. The minimum absolute atomic E-state index is 0.102. The first-order valence-corrected chi connectivity index (χ1v) is 12.4. The number of nitrogens with zero attached hydrogens (tertiary/aromatic N) is 3. The minimum Gasteiger partial charge on any atom is -0.465 e. The molecule has 0 bridgehead atoms. The number of aromatic nitrogens is 3. The molecule has 1 amide bonds. The second-order valence-corrected chi connectivity index (χ2v) is 9.91. The molecule has 0 fully saturated rings. The minimum atomic E-state index is -0.493. The number of aryl methyl sites for hydroxylation is 1. The van der Waals surface area contributed by atoms with Crippen LogP contribution in [0.1, 0.15) is 15.2 Å². The molecule has 0 aliphatic heterocycles. The van der Waals surface area contributed by atoms with Crippen LogP contribution in [0, 0.1) is 6.92 Å². The Bertz CT molecular complexity index is 1330. The highest BCUT2D eigenvalue weighted by Gasteiger charge is 2.25. The number of thioether (sulfide) groups is 1. The molecule has 0 radical (unpaired) electrons. The fourth-order valence-corrected chi connectivity index (χ4v) is 5.38. The SMILES string of the molecule is COC(=O)c1c(NC(=O)CSc2nnc(-c3ccc(Cl)cc3)n2C)sc(C)c1-c1ccccc1. The second kappa shape index (κ2) is 10.4. The molecule has 4 aromatic rings. The van der Waals surface area contributed by atoms with E-state index in [9.17, 15) is 9.59 Å². The number of esters is 1. The van der Waals surface area contributed by atoms with Crippen molar-refractivity contribution >= 4 is 51.6 Å². The number of benzene rings is 2. The molecule has 2 aromatic carbocycles. The van der Waals surface area contributed by atoms with Gasteiger partial charge in [-0.15, -0.1) is 21.5 Å². The van der Waals surface area contributed by atoms with Crippen molar-refractivity contribution < 1.29 is 14.3 Å². The van der Waals surface area contributed by atoms with E-state index < -0.39 is 5.97 Å². The molecule has 0 aliphatic carbocycles. The fraction of sp³-hybridized carbons (Fsp3) is 0.167. The van der Waals surface area contributed by atoms with Crippen molar-refractivity contribution in [3.05, 3.63) is 70.1 Å². The fourth-order valence-electron chi connectivity index (χ4n) is 3.47. The topological polar surface area (TPSA) is 86.1 Å². The highest BCUT2D eigenvalue weighted by molar-refractivity contribution is 7.99. The summed E-state index contributed by atoms with van der Waals surface area (Å²) in [6.45, 7) is 1.92. The molecule has 0 spiro atoms. The zero-order valence-corrected chi connectivity index (χ0v) is 21.1. The summed E-state index contributed by atoms with van der Waals surface area (Å²) < 4.78 is 6.84. The number of ether oxygens (including phenoxy) is 1. The van der Waals surface area contributed by atoms with Gasteiger partial charge in [-0.05, 0) is 36.8 Å². The van der Waals surface area contributed by atoms with E-state index in [2.05, 4.69) is 15.5 Å². The molecule has 34 heavy (non-hydrogen) atoms. The molecule has 0 saturated carbocycles. The first-order valence-electron chi connectivity index (χ1n) is 10.2. The van der Waals surface area contributed by atoms with Gasteiger partial charge in [0.2, 0.25) is 5.91 Å². The smallest absolute Gasteiger partial charge is 0.341 e. The number of thiophene rings is 1. The van der Waals surface area contributed by atoms with Crippen LogP contribution >= 0.6 is 34.7 Å². The van der Waals surface area contributed by atoms with E-state index in [4.69, 9.17) is 16.3 Å². The normalized spacial score (nSPS) is 10.8. The van der Waals surface area contributed by atoms with Crippen molar-refractivity contribution in [2.24, 2.45) is 7.05 Å². The second-order valence-electron chi connectivity index (χ2n) is 7.30. The molecule has 0 atom stereocenters. The Kier molecular flexibility index (Phi) is 7.35. The van der Waals surface area contributed by atoms with Crippen molar-refractivity contribution in [1.82, 2.24) is 14.8 Å². The van der Waals surface area contributed by atoms with Gasteiger partial charge in [0.05, 0.1) is 12.9 Å². The molecule has 0 aliphatic rings. The zero-order chi connectivity index (χ0) is 24.2. The molecule has 10 heteroatoms. The first-order chi connectivity index (χ1) is 16.4. The number of anilines is 1. The van der Waals surface area contributed by atoms with Gasteiger partial charge in [0.15, 0.2) is 11.0 Å². The van der Waals surface area contributed by atoms with Gasteiger partial charge >= 0.3 is 5.97 Å². The van der Waals surface area contributed by atoms with Crippen molar-refractivity contribution in [1.29, 1.82) is 0 Å². The summed E-state index contributed by atoms with van der Waals surface area (Å²) in [7, 11) is 3.17. The molecule has 2 aromatic heterocycles. The Morgan fingerprint density at radius 2 is 1.79 bits per heavy atom. The third-order valence-electron chi connectivity index (χ3n) is 5.06. The molecule has 1 N–H and O–H groups in total. The quantitative estimate of drug-likeness (QED) is 0.253. The van der Waals surface area contributed by atoms with Crippen LogP contribution in [0.15, 0.2) is 59.8 Å².